The van der Waals surface area contributed by atoms with Gasteiger partial charge in [-0.15, -0.1) is 0 Å². The van der Waals surface area contributed by atoms with Gasteiger partial charge in [0.05, 0.1) is 11.9 Å². The average molecular weight is 488 g/mol. The number of benzene rings is 2. The highest BCUT2D eigenvalue weighted by molar-refractivity contribution is 7.92. The zero-order valence-electron chi connectivity index (χ0n) is 20.7. The first kappa shape index (κ1) is 27.4. The fourth-order valence-electron chi connectivity index (χ4n) is 3.68. The van der Waals surface area contributed by atoms with E-state index in [1.54, 1.807) is 24.0 Å². The number of anilines is 1. The Hall–Kier alpha value is -2.87. The topological polar surface area (TPSA) is 86.8 Å². The van der Waals surface area contributed by atoms with Crippen molar-refractivity contribution in [2.75, 3.05) is 30.2 Å². The summed E-state index contributed by atoms with van der Waals surface area (Å²) in [5, 5.41) is 2.87. The second-order valence-corrected chi connectivity index (χ2v) is 10.5. The Morgan fingerprint density at radius 2 is 1.65 bits per heavy atom. The second-order valence-electron chi connectivity index (χ2n) is 8.56. The molecular weight excluding hydrogens is 450 g/mol. The molecule has 0 saturated heterocycles. The quantitative estimate of drug-likeness (QED) is 0.468. The van der Waals surface area contributed by atoms with Crippen LogP contribution in [-0.2, 0) is 26.0 Å². The lowest BCUT2D eigenvalue weighted by Gasteiger charge is -2.29. The van der Waals surface area contributed by atoms with Crippen molar-refractivity contribution in [2.45, 2.75) is 52.5 Å². The molecule has 2 aromatic rings. The molecule has 0 bridgehead atoms. The second kappa shape index (κ2) is 13.1. The molecule has 0 aliphatic rings. The van der Waals surface area contributed by atoms with Crippen LogP contribution in [-0.4, -0.2) is 57.1 Å². The minimum atomic E-state index is -3.49. The molecule has 34 heavy (non-hydrogen) atoms. The lowest BCUT2D eigenvalue weighted by Crippen LogP contribution is -2.49. The number of rotatable bonds is 13. The summed E-state index contributed by atoms with van der Waals surface area (Å²) < 4.78 is 26.0. The molecule has 2 rings (SSSR count). The number of nitrogens with one attached hydrogen (secondary N) is 1. The minimum absolute atomic E-state index is 0.151. The van der Waals surface area contributed by atoms with Crippen LogP contribution in [0.4, 0.5) is 5.69 Å². The highest BCUT2D eigenvalue weighted by atomic mass is 32.2. The van der Waals surface area contributed by atoms with Crippen molar-refractivity contribution < 1.29 is 18.0 Å². The maximum absolute atomic E-state index is 13.2. The van der Waals surface area contributed by atoms with E-state index in [1.165, 1.54) is 10.6 Å². The lowest BCUT2D eigenvalue weighted by atomic mass is 10.1. The van der Waals surface area contributed by atoms with E-state index in [4.69, 9.17) is 0 Å². The van der Waals surface area contributed by atoms with E-state index >= 15 is 0 Å². The van der Waals surface area contributed by atoms with Gasteiger partial charge >= 0.3 is 0 Å². The summed E-state index contributed by atoms with van der Waals surface area (Å²) in [5.41, 5.74) is 2.70. The van der Waals surface area contributed by atoms with Gasteiger partial charge in [-0.25, -0.2) is 8.42 Å². The number of hydrogen-bond acceptors (Lipinski definition) is 4. The molecule has 7 nitrogen and oxygen atoms in total. The van der Waals surface area contributed by atoms with Gasteiger partial charge in [0, 0.05) is 26.1 Å². The molecule has 2 aromatic carbocycles. The third kappa shape index (κ3) is 8.48. The molecule has 0 saturated carbocycles. The minimum Gasteiger partial charge on any atom is -0.354 e. The Morgan fingerprint density at radius 1 is 1.00 bits per heavy atom. The van der Waals surface area contributed by atoms with Crippen molar-refractivity contribution in [3.8, 4) is 0 Å². The summed E-state index contributed by atoms with van der Waals surface area (Å²) in [7, 11) is -3.49. The summed E-state index contributed by atoms with van der Waals surface area (Å²) in [6.45, 7) is 6.82. The van der Waals surface area contributed by atoms with Crippen LogP contribution in [0.1, 0.15) is 44.2 Å². The van der Waals surface area contributed by atoms with Crippen LogP contribution >= 0.6 is 0 Å². The number of nitrogens with zero attached hydrogens (tertiary/aromatic N) is 2. The van der Waals surface area contributed by atoms with Crippen molar-refractivity contribution in [1.29, 1.82) is 0 Å². The van der Waals surface area contributed by atoms with Gasteiger partial charge in [-0.1, -0.05) is 55.0 Å². The molecule has 186 valence electrons. The van der Waals surface area contributed by atoms with Crippen LogP contribution < -0.4 is 9.62 Å². The van der Waals surface area contributed by atoms with E-state index in [0.29, 0.717) is 31.6 Å². The fourth-order valence-corrected chi connectivity index (χ4v) is 4.65. The molecule has 8 heteroatoms. The van der Waals surface area contributed by atoms with Gasteiger partial charge in [-0.05, 0) is 50.8 Å². The van der Waals surface area contributed by atoms with Crippen LogP contribution in [0.15, 0.2) is 54.6 Å². The summed E-state index contributed by atoms with van der Waals surface area (Å²) in [4.78, 5) is 27.4. The predicted octanol–water partition coefficient (Wildman–Crippen LogP) is 3.53. The normalized spacial score (nSPS) is 12.1. The molecule has 2 amide bonds. The van der Waals surface area contributed by atoms with E-state index < -0.39 is 16.1 Å². The van der Waals surface area contributed by atoms with Crippen molar-refractivity contribution >= 4 is 27.5 Å². The summed E-state index contributed by atoms with van der Waals surface area (Å²) >= 11 is 0. The zero-order chi connectivity index (χ0) is 25.1. The maximum atomic E-state index is 13.2. The third-order valence-corrected chi connectivity index (χ3v) is 6.87. The predicted molar refractivity (Wildman–Crippen MR) is 137 cm³/mol. The SMILES string of the molecule is CCCNC(=O)[C@@H](C)N(CCc1ccccc1)C(=O)CCCN(c1ccc(C)cc1)S(C)(=O)=O. The molecule has 0 heterocycles. The van der Waals surface area contributed by atoms with E-state index in [0.717, 1.165) is 17.5 Å². The Morgan fingerprint density at radius 3 is 2.24 bits per heavy atom. The van der Waals surface area contributed by atoms with Gasteiger partial charge in [0.15, 0.2) is 0 Å². The largest absolute Gasteiger partial charge is 0.354 e. The van der Waals surface area contributed by atoms with E-state index in [9.17, 15) is 18.0 Å². The van der Waals surface area contributed by atoms with Gasteiger partial charge in [0.2, 0.25) is 21.8 Å². The van der Waals surface area contributed by atoms with Crippen LogP contribution in [0.2, 0.25) is 0 Å². The number of hydrogen-bond donors (Lipinski definition) is 1. The highest BCUT2D eigenvalue weighted by Crippen LogP contribution is 2.19. The Kier molecular flexibility index (Phi) is 10.6. The first-order chi connectivity index (χ1) is 16.1. The Bertz CT molecular complexity index is 1020. The number of sulfonamides is 1. The number of carbonyl (C=O) groups is 2. The molecule has 0 aliphatic carbocycles. The molecule has 0 aliphatic heterocycles. The van der Waals surface area contributed by atoms with Crippen molar-refractivity contribution in [2.24, 2.45) is 0 Å². The van der Waals surface area contributed by atoms with Crippen LogP contribution in [0.25, 0.3) is 0 Å². The standard InChI is InChI=1S/C26H37N3O4S/c1-5-18-27-26(31)22(3)28(20-17-23-10-7-6-8-11-23)25(30)12-9-19-29(34(4,32)33)24-15-13-21(2)14-16-24/h6-8,10-11,13-16,22H,5,9,12,17-20H2,1-4H3,(H,27,31)/t22-/m1/s1. The summed E-state index contributed by atoms with van der Waals surface area (Å²) in [6.07, 6.45) is 3.12. The lowest BCUT2D eigenvalue weighted by molar-refractivity contribution is -0.139. The Labute approximate surface area is 204 Å². The first-order valence-corrected chi connectivity index (χ1v) is 13.6. The molecule has 1 atom stereocenters. The van der Waals surface area contributed by atoms with Crippen LogP contribution in [0.3, 0.4) is 0 Å². The van der Waals surface area contributed by atoms with Gasteiger partial charge in [-0.3, -0.25) is 13.9 Å². The molecule has 0 fully saturated rings. The van der Waals surface area contributed by atoms with Gasteiger partial charge in [0.1, 0.15) is 6.04 Å². The molecule has 0 unspecified atom stereocenters. The Balaban J connectivity index is 2.08. The van der Waals surface area contributed by atoms with Gasteiger partial charge < -0.3 is 10.2 Å². The van der Waals surface area contributed by atoms with Crippen molar-refractivity contribution in [1.82, 2.24) is 10.2 Å². The number of amides is 2. The van der Waals surface area contributed by atoms with Crippen LogP contribution in [0, 0.1) is 6.92 Å². The van der Waals surface area contributed by atoms with Crippen molar-refractivity contribution in [3.05, 3.63) is 65.7 Å². The van der Waals surface area contributed by atoms with Gasteiger partial charge in [-0.2, -0.15) is 0 Å². The monoisotopic (exact) mass is 487 g/mol. The van der Waals surface area contributed by atoms with Crippen molar-refractivity contribution in [3.63, 3.8) is 0 Å². The molecule has 0 aromatic heterocycles. The van der Waals surface area contributed by atoms with Crippen LogP contribution in [0.5, 0.6) is 0 Å². The first-order valence-electron chi connectivity index (χ1n) is 11.8. The van der Waals surface area contributed by atoms with Gasteiger partial charge in [0.25, 0.3) is 0 Å². The zero-order valence-corrected chi connectivity index (χ0v) is 21.5. The molecule has 0 spiro atoms. The average Bonchev–Trinajstić information content (AvgIpc) is 2.81. The summed E-state index contributed by atoms with van der Waals surface area (Å²) in [5.74, 6) is -0.340. The fraction of sp³-hybridized carbons (Fsp3) is 0.462. The maximum Gasteiger partial charge on any atom is 0.242 e. The number of aryl methyl sites for hydroxylation is 1. The molecule has 0 radical (unpaired) electrons. The highest BCUT2D eigenvalue weighted by Gasteiger charge is 2.26. The number of carbonyl (C=O) groups excluding carboxylic acids is 2. The smallest absolute Gasteiger partial charge is 0.242 e. The van der Waals surface area contributed by atoms with E-state index in [-0.39, 0.29) is 24.8 Å². The third-order valence-electron chi connectivity index (χ3n) is 5.67. The molecule has 1 N–H and O–H groups in total. The van der Waals surface area contributed by atoms with E-state index in [2.05, 4.69) is 5.32 Å². The van der Waals surface area contributed by atoms with E-state index in [1.807, 2.05) is 56.3 Å². The summed E-state index contributed by atoms with van der Waals surface area (Å²) in [6, 6.07) is 16.5. The molecular formula is C26H37N3O4S.